The molecule has 0 aromatic carbocycles. The van der Waals surface area contributed by atoms with E-state index in [-0.39, 0.29) is 44.8 Å². The second-order valence-corrected chi connectivity index (χ2v) is 22.5. The van der Waals surface area contributed by atoms with E-state index in [0.29, 0.717) is 55.2 Å². The monoisotopic (exact) mass is 2040 g/mol. The normalized spacial score (nSPS) is 11.3. The van der Waals surface area contributed by atoms with E-state index in [0.717, 1.165) is 26.8 Å². The van der Waals surface area contributed by atoms with Gasteiger partial charge in [0.15, 0.2) is 0 Å². The fourth-order valence-corrected chi connectivity index (χ4v) is 11.8. The maximum Gasteiger partial charge on any atom is 1.00 e. The second kappa shape index (κ2) is 21.7. The van der Waals surface area contributed by atoms with E-state index in [2.05, 4.69) is 317 Å². The van der Waals surface area contributed by atoms with Crippen molar-refractivity contribution in [1.29, 1.82) is 0 Å². The van der Waals surface area contributed by atoms with Crippen LogP contribution in [0.25, 0.3) is 0 Å². The maximum absolute atomic E-state index is 4.54. The van der Waals surface area contributed by atoms with Gasteiger partial charge in [0.25, 0.3) is 14.2 Å². The number of hydrogen-bond acceptors (Lipinski definition) is 6. The molecule has 0 saturated heterocycles. The Balaban J connectivity index is 0.000000270. The van der Waals surface area contributed by atoms with E-state index in [1.807, 2.05) is 0 Å². The molecule has 6 rings (SSSR count). The molecule has 0 aliphatic carbocycles. The minimum atomic E-state index is -0.564. The van der Waals surface area contributed by atoms with Crippen LogP contribution in [-0.2, 0) is 44.8 Å². The third-order valence-electron chi connectivity index (χ3n) is 5.87. The van der Waals surface area contributed by atoms with Crippen LogP contribution in [0.1, 0.15) is 0 Å². The van der Waals surface area contributed by atoms with E-state index in [9.17, 15) is 0 Å². The number of aromatic nitrogens is 12. The molecule has 52 heavy (non-hydrogen) atoms. The molecule has 0 aliphatic heterocycles. The van der Waals surface area contributed by atoms with Gasteiger partial charge in [0.05, 0.1) is 54.5 Å². The van der Waals surface area contributed by atoms with Gasteiger partial charge in [-0.05, 0) is 287 Å². The molecule has 0 bridgehead atoms. The van der Waals surface area contributed by atoms with Crippen molar-refractivity contribution in [3.8, 4) is 0 Å². The minimum absolute atomic E-state index is 0. The summed E-state index contributed by atoms with van der Waals surface area (Å²) in [5.74, 6) is 0. The van der Waals surface area contributed by atoms with Crippen LogP contribution >= 0.6 is 287 Å². The van der Waals surface area contributed by atoms with Crippen molar-refractivity contribution in [2.45, 2.75) is 0 Å². The Bertz CT molecular complexity index is 1880. The van der Waals surface area contributed by atoms with Crippen molar-refractivity contribution in [3.05, 3.63) is 82.1 Å². The number of hydrogen-bond donors (Lipinski definition) is 0. The molecule has 6 heterocycles. The molecule has 0 aliphatic rings. The van der Waals surface area contributed by atoms with Crippen LogP contribution in [0.3, 0.4) is 0 Å². The summed E-state index contributed by atoms with van der Waals surface area (Å²) in [5.41, 5.74) is 0. The van der Waals surface area contributed by atoms with Crippen LogP contribution < -0.4 is 0 Å². The second-order valence-electron chi connectivity index (χ2n) is 8.73. The van der Waals surface area contributed by atoms with Gasteiger partial charge in [0.1, 0.15) is 27.6 Å². The molecule has 12 nitrogen and oxygen atoms in total. The molecule has 0 amide bonds. The van der Waals surface area contributed by atoms with E-state index < -0.39 is 14.2 Å². The van der Waals surface area contributed by atoms with Crippen molar-refractivity contribution in [3.63, 3.8) is 0 Å². The smallest absolute Gasteiger partial charge is 0.411 e. The molecule has 6 aromatic heterocycles. The average Bonchev–Trinajstić information content (AvgIpc) is 3.81. The first-order chi connectivity index (χ1) is 23.3. The third kappa shape index (κ3) is 10.5. The molecule has 286 valence electrons. The summed E-state index contributed by atoms with van der Waals surface area (Å²) in [6.07, 6.45) is 0. The summed E-state index contributed by atoms with van der Waals surface area (Å²) in [6.45, 7) is 0. The number of rotatable bonds is 6. The Hall–Kier alpha value is 5.51. The predicted molar refractivity (Wildman–Crippen MR) is 256 cm³/mol. The van der Waals surface area contributed by atoms with Gasteiger partial charge >= 0.3 is 44.8 Å². The van der Waals surface area contributed by atoms with Gasteiger partial charge in [-0.1, -0.05) is 0 Å². The summed E-state index contributed by atoms with van der Waals surface area (Å²) in [7, 11) is -1.13. The zero-order chi connectivity index (χ0) is 37.3. The quantitative estimate of drug-likeness (QED) is 0.154. The zero-order valence-corrected chi connectivity index (χ0v) is 54.4. The molecular weight excluding hydrogens is 2060 g/mol. The fourth-order valence-electron chi connectivity index (χ4n) is 3.75. The fraction of sp³-hybridized carbons (Fsp3) is 0. The van der Waals surface area contributed by atoms with Gasteiger partial charge in [-0.2, -0.15) is 0 Å². The first-order valence-electron chi connectivity index (χ1n) is 11.8. The Labute approximate surface area is 476 Å². The van der Waals surface area contributed by atoms with E-state index in [1.165, 1.54) is 0 Å². The van der Waals surface area contributed by atoms with Crippen LogP contribution in [0, 0.1) is 0 Å². The predicted octanol–water partition coefficient (Wildman–Crippen LogP) is 14.1. The van der Waals surface area contributed by atoms with Crippen molar-refractivity contribution in [1.82, 2.24) is 58.1 Å². The van der Waals surface area contributed by atoms with Crippen molar-refractivity contribution in [2.24, 2.45) is 0 Å². The van der Waals surface area contributed by atoms with Gasteiger partial charge < -0.3 is 27.6 Å². The Morgan fingerprint density at radius 1 is 0.250 bits per heavy atom. The summed E-state index contributed by atoms with van der Waals surface area (Å²) < 4.78 is 23.2. The van der Waals surface area contributed by atoms with Crippen LogP contribution in [0.2, 0.25) is 0 Å². The molecular formula is C18Ag2B2Br18N12. The van der Waals surface area contributed by atoms with Crippen LogP contribution in [0.15, 0.2) is 82.1 Å². The Morgan fingerprint density at radius 3 is 0.442 bits per heavy atom. The van der Waals surface area contributed by atoms with Crippen LogP contribution in [0.4, 0.5) is 0 Å². The third-order valence-corrected chi connectivity index (χ3v) is 24.6. The molecule has 0 spiro atoms. The van der Waals surface area contributed by atoms with E-state index in [4.69, 9.17) is 0 Å². The van der Waals surface area contributed by atoms with E-state index in [1.54, 1.807) is 27.6 Å². The number of nitrogens with zero attached hydrogens (tertiary/aromatic N) is 12. The van der Waals surface area contributed by atoms with Crippen molar-refractivity contribution < 1.29 is 44.8 Å². The molecule has 2 radical (unpaired) electrons. The van der Waals surface area contributed by atoms with Crippen LogP contribution in [-0.4, -0.2) is 72.4 Å². The first kappa shape index (κ1) is 51.9. The summed E-state index contributed by atoms with van der Waals surface area (Å²) in [4.78, 5) is 0. The topological polar surface area (TPSA) is 107 Å². The molecule has 34 heteroatoms. The number of halogens is 18. The summed E-state index contributed by atoms with van der Waals surface area (Å²) in [5, 5.41) is 27.2. The molecule has 6 aromatic rings. The maximum atomic E-state index is 4.54. The van der Waals surface area contributed by atoms with Gasteiger partial charge in [-0.25, -0.2) is 30.6 Å². The zero-order valence-electron chi connectivity index (χ0n) is 22.9. The van der Waals surface area contributed by atoms with Crippen molar-refractivity contribution in [2.75, 3.05) is 0 Å². The van der Waals surface area contributed by atoms with Gasteiger partial charge in [0.2, 0.25) is 0 Å². The SMILES string of the molecule is Brc1nn([B-](n2nc(Br)c(Br)c2Br)n2nc(Br)c(Br)c2Br)c(Br)c1Br.Brc1nn([B-](n2nc(Br)c(Br)c2Br)n2nc(Br)c(Br)c2Br)c(Br)c1Br.[Ag+].[Ag+]. The Morgan fingerprint density at radius 2 is 0.365 bits per heavy atom. The van der Waals surface area contributed by atoms with Crippen LogP contribution in [0.5, 0.6) is 0 Å². The first-order valence-corrected chi connectivity index (χ1v) is 26.1. The van der Waals surface area contributed by atoms with Gasteiger partial charge in [0, 0.05) is 0 Å². The standard InChI is InChI=1S/2C9BBr9N6.2Ag/c2*11-1-4(14)20-23(7(1)17)10(24-8(18)2(12)5(15)21-24)25-9(19)3(13)6(16)22-25;;/q2*-1;2*+1. The molecule has 0 N–H and O–H groups in total. The van der Waals surface area contributed by atoms with Gasteiger partial charge in [-0.3, -0.25) is 0 Å². The van der Waals surface area contributed by atoms with E-state index >= 15 is 0 Å². The Kier molecular flexibility index (Phi) is 21.7. The molecule has 0 saturated carbocycles. The molecule has 0 fully saturated rings. The van der Waals surface area contributed by atoms with Crippen molar-refractivity contribution >= 4 is 301 Å². The largest absolute Gasteiger partial charge is 1.00 e. The minimum Gasteiger partial charge on any atom is -0.411 e. The molecule has 0 atom stereocenters. The average molecular weight is 2060 g/mol. The summed E-state index contributed by atoms with van der Waals surface area (Å²) >= 11 is 62.9. The molecule has 0 unspecified atom stereocenters. The van der Waals surface area contributed by atoms with Gasteiger partial charge in [-0.15, -0.1) is 0 Å². The summed E-state index contributed by atoms with van der Waals surface area (Å²) in [6, 6.07) is 0.